The van der Waals surface area contributed by atoms with Crippen LogP contribution in [-0.4, -0.2) is 12.6 Å². The number of nitrogens with one attached hydrogen (secondary N) is 2. The molecule has 0 saturated heterocycles. The van der Waals surface area contributed by atoms with Gasteiger partial charge >= 0.3 is 0 Å². The summed E-state index contributed by atoms with van der Waals surface area (Å²) in [5.74, 6) is 1.62. The van der Waals surface area contributed by atoms with Gasteiger partial charge in [0, 0.05) is 7.05 Å². The molecular formula is C9H13N3O. The van der Waals surface area contributed by atoms with E-state index in [4.69, 9.17) is 10.6 Å². The van der Waals surface area contributed by atoms with E-state index in [1.54, 1.807) is 0 Å². The zero-order valence-corrected chi connectivity index (χ0v) is 7.72. The van der Waals surface area contributed by atoms with Gasteiger partial charge in [0.2, 0.25) is 0 Å². The summed E-state index contributed by atoms with van der Waals surface area (Å²) in [6.45, 7) is 1.94. The maximum Gasteiger partial charge on any atom is 0.164 e. The second-order valence-corrected chi connectivity index (χ2v) is 3.38. The van der Waals surface area contributed by atoms with Crippen LogP contribution in [0.4, 0.5) is 0 Å². The molecule has 2 aliphatic rings. The van der Waals surface area contributed by atoms with Gasteiger partial charge in [0.05, 0.1) is 11.1 Å². The third-order valence-corrected chi connectivity index (χ3v) is 2.24. The molecule has 13 heavy (non-hydrogen) atoms. The SMILES string of the molecule is CNC1=C2C(=CC=CC2(C)N)ON1. The molecule has 0 aromatic rings. The van der Waals surface area contributed by atoms with E-state index in [0.29, 0.717) is 0 Å². The largest absolute Gasteiger partial charge is 0.380 e. The van der Waals surface area contributed by atoms with E-state index in [9.17, 15) is 0 Å². The average Bonchev–Trinajstić information content (AvgIpc) is 2.48. The van der Waals surface area contributed by atoms with Gasteiger partial charge < -0.3 is 15.9 Å². The molecule has 4 heteroatoms. The molecule has 70 valence electrons. The summed E-state index contributed by atoms with van der Waals surface area (Å²) in [6, 6.07) is 0. The lowest BCUT2D eigenvalue weighted by atomic mass is 9.88. The van der Waals surface area contributed by atoms with Crippen LogP contribution in [0.25, 0.3) is 0 Å². The predicted molar refractivity (Wildman–Crippen MR) is 50.1 cm³/mol. The number of hydroxylamine groups is 1. The lowest BCUT2D eigenvalue weighted by molar-refractivity contribution is 0.155. The van der Waals surface area contributed by atoms with E-state index in [1.165, 1.54) is 0 Å². The van der Waals surface area contributed by atoms with Crippen molar-refractivity contribution in [3.05, 3.63) is 35.4 Å². The van der Waals surface area contributed by atoms with Crippen LogP contribution in [0.5, 0.6) is 0 Å². The minimum Gasteiger partial charge on any atom is -0.380 e. The van der Waals surface area contributed by atoms with Gasteiger partial charge in [-0.1, -0.05) is 12.2 Å². The number of hydrogen-bond acceptors (Lipinski definition) is 4. The fraction of sp³-hybridized carbons (Fsp3) is 0.333. The van der Waals surface area contributed by atoms with Crippen LogP contribution in [0.1, 0.15) is 6.92 Å². The van der Waals surface area contributed by atoms with Crippen LogP contribution in [0.15, 0.2) is 35.4 Å². The summed E-state index contributed by atoms with van der Waals surface area (Å²) in [6.07, 6.45) is 5.74. The smallest absolute Gasteiger partial charge is 0.164 e. The molecule has 0 aromatic carbocycles. The molecule has 1 aliphatic carbocycles. The van der Waals surface area contributed by atoms with Gasteiger partial charge in [-0.25, -0.2) is 5.48 Å². The summed E-state index contributed by atoms with van der Waals surface area (Å²) in [5.41, 5.74) is 9.37. The first-order valence-corrected chi connectivity index (χ1v) is 4.19. The Hall–Kier alpha value is -1.42. The first-order valence-electron chi connectivity index (χ1n) is 4.19. The minimum atomic E-state index is -0.466. The molecular weight excluding hydrogens is 166 g/mol. The fourth-order valence-corrected chi connectivity index (χ4v) is 1.58. The molecule has 0 bridgehead atoms. The van der Waals surface area contributed by atoms with Crippen LogP contribution in [-0.2, 0) is 4.84 Å². The maximum atomic E-state index is 6.08. The molecule has 4 nitrogen and oxygen atoms in total. The molecule has 0 spiro atoms. The molecule has 1 heterocycles. The minimum absolute atomic E-state index is 0.466. The molecule has 1 aliphatic heterocycles. The number of nitrogens with two attached hydrogens (primary N) is 1. The van der Waals surface area contributed by atoms with E-state index in [2.05, 4.69) is 10.8 Å². The maximum absolute atomic E-state index is 6.08. The summed E-state index contributed by atoms with van der Waals surface area (Å²) >= 11 is 0. The van der Waals surface area contributed by atoms with Crippen molar-refractivity contribution < 1.29 is 4.84 Å². The molecule has 0 radical (unpaired) electrons. The van der Waals surface area contributed by atoms with E-state index < -0.39 is 5.54 Å². The number of hydrogen-bond donors (Lipinski definition) is 3. The van der Waals surface area contributed by atoms with Crippen molar-refractivity contribution in [1.29, 1.82) is 0 Å². The predicted octanol–water partition coefficient (Wildman–Crippen LogP) is 0.123. The Bertz CT molecular complexity index is 326. The fourth-order valence-electron chi connectivity index (χ4n) is 1.58. The van der Waals surface area contributed by atoms with Crippen LogP contribution < -0.4 is 16.5 Å². The molecule has 0 amide bonds. The Morgan fingerprint density at radius 1 is 1.62 bits per heavy atom. The topological polar surface area (TPSA) is 59.3 Å². The Balaban J connectivity index is 2.50. The zero-order valence-electron chi connectivity index (χ0n) is 7.72. The van der Waals surface area contributed by atoms with E-state index >= 15 is 0 Å². The van der Waals surface area contributed by atoms with Gasteiger partial charge in [-0.2, -0.15) is 0 Å². The van der Waals surface area contributed by atoms with Crippen LogP contribution in [0.2, 0.25) is 0 Å². The van der Waals surface area contributed by atoms with E-state index in [-0.39, 0.29) is 0 Å². The third kappa shape index (κ3) is 1.10. The molecule has 1 unspecified atom stereocenters. The van der Waals surface area contributed by atoms with Gasteiger partial charge in [0.25, 0.3) is 0 Å². The molecule has 0 saturated carbocycles. The van der Waals surface area contributed by atoms with Gasteiger partial charge in [0.15, 0.2) is 5.76 Å². The Labute approximate surface area is 77.1 Å². The second-order valence-electron chi connectivity index (χ2n) is 3.38. The van der Waals surface area contributed by atoms with Gasteiger partial charge in [-0.3, -0.25) is 0 Å². The van der Waals surface area contributed by atoms with Crippen molar-refractivity contribution in [2.45, 2.75) is 12.5 Å². The summed E-state index contributed by atoms with van der Waals surface area (Å²) < 4.78 is 0. The van der Waals surface area contributed by atoms with Crippen molar-refractivity contribution in [3.8, 4) is 0 Å². The molecule has 4 N–H and O–H groups in total. The molecule has 0 fully saturated rings. The number of rotatable bonds is 1. The van der Waals surface area contributed by atoms with Crippen molar-refractivity contribution in [2.24, 2.45) is 5.73 Å². The number of fused-ring (bicyclic) bond motifs is 1. The second kappa shape index (κ2) is 2.53. The number of allylic oxidation sites excluding steroid dienone is 2. The van der Waals surface area contributed by atoms with Crippen LogP contribution >= 0.6 is 0 Å². The standard InChI is InChI=1S/C9H13N3O/c1-9(10)5-3-4-6-7(9)8(11-2)12-13-6/h3-5,11-12H,10H2,1-2H3. The van der Waals surface area contributed by atoms with Crippen LogP contribution in [0.3, 0.4) is 0 Å². The van der Waals surface area contributed by atoms with Crippen molar-refractivity contribution in [3.63, 3.8) is 0 Å². The normalized spacial score (nSPS) is 30.5. The van der Waals surface area contributed by atoms with E-state index in [1.807, 2.05) is 32.2 Å². The molecule has 0 aromatic heterocycles. The van der Waals surface area contributed by atoms with Crippen molar-refractivity contribution >= 4 is 0 Å². The highest BCUT2D eigenvalue weighted by Crippen LogP contribution is 2.32. The Morgan fingerprint density at radius 3 is 3.08 bits per heavy atom. The zero-order chi connectivity index (χ0) is 9.47. The average molecular weight is 179 g/mol. The van der Waals surface area contributed by atoms with Gasteiger partial charge in [0.1, 0.15) is 5.82 Å². The third-order valence-electron chi connectivity index (χ3n) is 2.24. The first-order chi connectivity index (χ1) is 6.15. The van der Waals surface area contributed by atoms with Gasteiger partial charge in [-0.15, -0.1) is 0 Å². The summed E-state index contributed by atoms with van der Waals surface area (Å²) in [4.78, 5) is 5.24. The van der Waals surface area contributed by atoms with Crippen molar-refractivity contribution in [1.82, 2.24) is 10.8 Å². The first kappa shape index (κ1) is 8.19. The highest BCUT2D eigenvalue weighted by atomic mass is 16.7. The molecule has 1 atom stereocenters. The summed E-state index contributed by atoms with van der Waals surface area (Å²) in [7, 11) is 1.83. The van der Waals surface area contributed by atoms with Crippen molar-refractivity contribution in [2.75, 3.05) is 7.05 Å². The quantitative estimate of drug-likeness (QED) is 0.535. The Morgan fingerprint density at radius 2 is 2.38 bits per heavy atom. The lowest BCUT2D eigenvalue weighted by Gasteiger charge is -2.24. The highest BCUT2D eigenvalue weighted by molar-refractivity contribution is 5.49. The van der Waals surface area contributed by atoms with Gasteiger partial charge in [-0.05, 0) is 13.0 Å². The highest BCUT2D eigenvalue weighted by Gasteiger charge is 2.34. The van der Waals surface area contributed by atoms with E-state index in [0.717, 1.165) is 17.2 Å². The molecule has 2 rings (SSSR count). The van der Waals surface area contributed by atoms with Crippen LogP contribution in [0, 0.1) is 0 Å². The monoisotopic (exact) mass is 179 g/mol. The summed E-state index contributed by atoms with van der Waals surface area (Å²) in [5, 5.41) is 3.01. The lowest BCUT2D eigenvalue weighted by Crippen LogP contribution is -2.39. The Kier molecular flexibility index (Phi) is 1.60.